The molecule has 410 valence electrons. The van der Waals surface area contributed by atoms with E-state index in [4.69, 9.17) is 0 Å². The van der Waals surface area contributed by atoms with E-state index in [0.717, 1.165) is 28.2 Å². The number of benzene rings is 14. The predicted molar refractivity (Wildman–Crippen MR) is 365 cm³/mol. The highest BCUT2D eigenvalue weighted by molar-refractivity contribution is 6.11. The second kappa shape index (κ2) is 19.6. The first kappa shape index (κ1) is 50.0. The summed E-state index contributed by atoms with van der Waals surface area (Å²) >= 11 is 0. The van der Waals surface area contributed by atoms with Gasteiger partial charge in [0.25, 0.3) is 0 Å². The van der Waals surface area contributed by atoms with Crippen molar-refractivity contribution in [2.75, 3.05) is 4.90 Å². The second-order valence-electron chi connectivity index (χ2n) is 23.8. The van der Waals surface area contributed by atoms with Gasteiger partial charge in [-0.25, -0.2) is 0 Å². The van der Waals surface area contributed by atoms with E-state index in [0.29, 0.717) is 0 Å². The molecule has 3 aliphatic rings. The Balaban J connectivity index is 0.780. The number of fused-ring (bicyclic) bond motifs is 16. The first-order chi connectivity index (χ1) is 43.7. The summed E-state index contributed by atoms with van der Waals surface area (Å²) in [5.74, 6) is 0. The Kier molecular flexibility index (Phi) is 11.2. The van der Waals surface area contributed by atoms with Crippen LogP contribution in [0.5, 0.6) is 0 Å². The summed E-state index contributed by atoms with van der Waals surface area (Å²) in [6.07, 6.45) is 0. The molecule has 2 heteroatoms. The quantitative estimate of drug-likeness (QED) is 0.140. The van der Waals surface area contributed by atoms with Crippen LogP contribution in [-0.4, -0.2) is 4.57 Å². The van der Waals surface area contributed by atoms with E-state index in [2.05, 4.69) is 349 Å². The van der Waals surface area contributed by atoms with Gasteiger partial charge in [0.2, 0.25) is 0 Å². The highest BCUT2D eigenvalue weighted by atomic mass is 15.1. The maximum Gasteiger partial charge on any atom is 0.0726 e. The van der Waals surface area contributed by atoms with E-state index in [-0.39, 0.29) is 0 Å². The lowest BCUT2D eigenvalue weighted by Crippen LogP contribution is -2.28. The van der Waals surface area contributed by atoms with Gasteiger partial charge in [-0.15, -0.1) is 0 Å². The molecule has 1 aromatic heterocycles. The summed E-state index contributed by atoms with van der Waals surface area (Å²) in [5, 5.41) is 2.46. The zero-order valence-electron chi connectivity index (χ0n) is 48.2. The van der Waals surface area contributed by atoms with Crippen molar-refractivity contribution in [2.24, 2.45) is 0 Å². The van der Waals surface area contributed by atoms with Crippen LogP contribution in [0.3, 0.4) is 0 Å². The maximum atomic E-state index is 2.54. The van der Waals surface area contributed by atoms with Crippen molar-refractivity contribution in [1.29, 1.82) is 0 Å². The van der Waals surface area contributed by atoms with Gasteiger partial charge in [-0.05, 0) is 160 Å². The maximum absolute atomic E-state index is 2.54. The number of anilines is 3. The third kappa shape index (κ3) is 7.12. The molecule has 0 amide bonds. The molecule has 0 fully saturated rings. The average molecular weight is 1120 g/mol. The van der Waals surface area contributed by atoms with Gasteiger partial charge in [0, 0.05) is 33.4 Å². The van der Waals surface area contributed by atoms with Crippen molar-refractivity contribution >= 4 is 38.9 Å². The van der Waals surface area contributed by atoms with Crippen molar-refractivity contribution < 1.29 is 0 Å². The Labute approximate surface area is 512 Å². The molecule has 15 aromatic rings. The fourth-order valence-electron chi connectivity index (χ4n) is 15.9. The summed E-state index contributed by atoms with van der Waals surface area (Å²) in [7, 11) is 0. The molecule has 0 saturated carbocycles. The molecule has 0 aliphatic heterocycles. The molecule has 1 heterocycles. The molecular weight excluding hydrogens is 1060 g/mol. The normalized spacial score (nSPS) is 13.4. The van der Waals surface area contributed by atoms with Gasteiger partial charge in [-0.3, -0.25) is 0 Å². The number of rotatable bonds is 9. The van der Waals surface area contributed by atoms with Crippen LogP contribution in [0.25, 0.3) is 94.3 Å². The predicted octanol–water partition coefficient (Wildman–Crippen LogP) is 22.0. The van der Waals surface area contributed by atoms with E-state index in [9.17, 15) is 0 Å². The third-order valence-corrected chi connectivity index (χ3v) is 19.5. The minimum atomic E-state index is -0.515. The smallest absolute Gasteiger partial charge is 0.0726 e. The second-order valence-corrected chi connectivity index (χ2v) is 23.8. The minimum absolute atomic E-state index is 0.466. The zero-order valence-corrected chi connectivity index (χ0v) is 48.2. The lowest BCUT2D eigenvalue weighted by Gasteiger charge is -2.34. The van der Waals surface area contributed by atoms with Gasteiger partial charge in [0.15, 0.2) is 0 Å². The monoisotopic (exact) mass is 1120 g/mol. The van der Waals surface area contributed by atoms with Crippen LogP contribution < -0.4 is 4.90 Å². The Bertz CT molecular complexity index is 5150. The molecule has 1 spiro atoms. The lowest BCUT2D eigenvalue weighted by atomic mass is 9.68. The summed E-state index contributed by atoms with van der Waals surface area (Å²) in [6.45, 7) is 0. The average Bonchev–Trinajstić information content (AvgIpc) is 1.61. The molecule has 18 rings (SSSR count). The van der Waals surface area contributed by atoms with E-state index >= 15 is 0 Å². The number of hydrogen-bond acceptors (Lipinski definition) is 1. The zero-order chi connectivity index (χ0) is 57.9. The molecule has 2 nitrogen and oxygen atoms in total. The van der Waals surface area contributed by atoms with E-state index in [1.54, 1.807) is 0 Å². The van der Waals surface area contributed by atoms with Crippen LogP contribution >= 0.6 is 0 Å². The topological polar surface area (TPSA) is 8.17 Å². The van der Waals surface area contributed by atoms with Gasteiger partial charge in [0.05, 0.1) is 27.6 Å². The van der Waals surface area contributed by atoms with E-state index < -0.39 is 10.8 Å². The van der Waals surface area contributed by atoms with E-state index in [1.807, 2.05) is 0 Å². The Morgan fingerprint density at radius 2 is 0.648 bits per heavy atom. The summed E-state index contributed by atoms with van der Waals surface area (Å²) in [4.78, 5) is 2.45. The molecule has 0 atom stereocenters. The van der Waals surface area contributed by atoms with Gasteiger partial charge < -0.3 is 9.47 Å². The largest absolute Gasteiger partial charge is 0.310 e. The summed E-state index contributed by atoms with van der Waals surface area (Å²) in [5.41, 5.74) is 31.0. The number of para-hydroxylation sites is 1. The van der Waals surface area contributed by atoms with Crippen molar-refractivity contribution in [1.82, 2.24) is 4.57 Å². The SMILES string of the molecule is c1ccc(-c2ccc(N(c3ccc(-c4ccccc4-c4ccc5c6ccccc6n(-c6cccc7c6-c6ccccc6C7(c6ccccc6)c6ccccc6)c5c4)cc3)c3ccc4c(c3)C3(c5ccccc5-c5ccccc53)c3ccccc3-4)cc2)cc1. The molecule has 14 aromatic carbocycles. The van der Waals surface area contributed by atoms with Crippen LogP contribution in [0.15, 0.2) is 340 Å². The molecule has 0 bridgehead atoms. The fraction of sp³-hybridized carbons (Fsp3) is 0.0233. The van der Waals surface area contributed by atoms with Crippen LogP contribution in [0.4, 0.5) is 17.1 Å². The lowest BCUT2D eigenvalue weighted by molar-refractivity contribution is 0.768. The number of nitrogens with zero attached hydrogens (tertiary/aromatic N) is 2. The Hall–Kier alpha value is -11.3. The molecule has 88 heavy (non-hydrogen) atoms. The molecule has 0 radical (unpaired) electrons. The molecule has 0 unspecified atom stereocenters. The van der Waals surface area contributed by atoms with Crippen molar-refractivity contribution in [3.05, 3.63) is 384 Å². The highest BCUT2D eigenvalue weighted by Crippen LogP contribution is 2.64. The fourth-order valence-corrected chi connectivity index (χ4v) is 15.9. The van der Waals surface area contributed by atoms with Crippen molar-refractivity contribution in [2.45, 2.75) is 10.8 Å². The molecular formula is C86H56N2. The van der Waals surface area contributed by atoms with Crippen LogP contribution in [0.2, 0.25) is 0 Å². The summed E-state index contributed by atoms with van der Waals surface area (Å²) in [6, 6.07) is 127. The third-order valence-electron chi connectivity index (χ3n) is 19.5. The highest BCUT2D eigenvalue weighted by Gasteiger charge is 2.52. The van der Waals surface area contributed by atoms with Gasteiger partial charge in [-0.2, -0.15) is 0 Å². The Morgan fingerprint density at radius 1 is 0.227 bits per heavy atom. The van der Waals surface area contributed by atoms with Crippen LogP contribution in [-0.2, 0) is 10.8 Å². The van der Waals surface area contributed by atoms with Crippen LogP contribution in [0, 0.1) is 0 Å². The minimum Gasteiger partial charge on any atom is -0.310 e. The number of hydrogen-bond donors (Lipinski definition) is 0. The standard InChI is InChI=1S/C86H56N2/c1-4-23-57(24-5-1)58-43-48-63(49-44-58)87(65-52-54-71-70-33-14-19-38-77(70)86(80(71)56-65)75-36-17-12-31-68(75)69-32-13-18-37-76(69)86)64-50-45-59(46-51-64)66-29-10-11-30-67(66)60-47-53-73-72-34-16-21-41-81(72)88(83(73)55-60)82-42-22-40-79-84(82)74-35-15-20-39-78(74)85(79,61-25-6-2-7-26-61)62-27-8-3-9-28-62/h1-56H. The first-order valence-electron chi connectivity index (χ1n) is 30.7. The summed E-state index contributed by atoms with van der Waals surface area (Å²) < 4.78 is 2.54. The first-order valence-corrected chi connectivity index (χ1v) is 30.7. The van der Waals surface area contributed by atoms with Gasteiger partial charge >= 0.3 is 0 Å². The van der Waals surface area contributed by atoms with E-state index in [1.165, 1.54) is 128 Å². The molecule has 0 saturated heterocycles. The number of aromatic nitrogens is 1. The molecule has 0 N–H and O–H groups in total. The van der Waals surface area contributed by atoms with Gasteiger partial charge in [0.1, 0.15) is 0 Å². The molecule has 3 aliphatic carbocycles. The van der Waals surface area contributed by atoms with Crippen molar-refractivity contribution in [3.8, 4) is 72.4 Å². The van der Waals surface area contributed by atoms with Crippen molar-refractivity contribution in [3.63, 3.8) is 0 Å². The Morgan fingerprint density at radius 3 is 1.25 bits per heavy atom. The van der Waals surface area contributed by atoms with Gasteiger partial charge in [-0.1, -0.05) is 285 Å². The van der Waals surface area contributed by atoms with Crippen LogP contribution in [0.1, 0.15) is 44.5 Å².